The van der Waals surface area contributed by atoms with Crippen LogP contribution in [0.5, 0.6) is 11.5 Å². The van der Waals surface area contributed by atoms with Gasteiger partial charge in [-0.25, -0.2) is 4.79 Å². The summed E-state index contributed by atoms with van der Waals surface area (Å²) < 4.78 is 17.6. The lowest BCUT2D eigenvalue weighted by molar-refractivity contribution is -0.136. The highest BCUT2D eigenvalue weighted by Gasteiger charge is 2.16. The number of nitrogens with zero attached hydrogens (tertiary/aromatic N) is 1. The first-order valence-electron chi connectivity index (χ1n) is 8.55. The zero-order valence-corrected chi connectivity index (χ0v) is 15.4. The normalized spacial score (nSPS) is 12.4. The van der Waals surface area contributed by atoms with Gasteiger partial charge in [0.1, 0.15) is 0 Å². The molecule has 6 heteroatoms. The molecular weight excluding hydrogens is 346 g/mol. The van der Waals surface area contributed by atoms with E-state index in [1.165, 1.54) is 6.08 Å². The van der Waals surface area contributed by atoms with Crippen LogP contribution in [0.1, 0.15) is 27.3 Å². The molecule has 0 fully saturated rings. The van der Waals surface area contributed by atoms with Crippen molar-refractivity contribution in [3.63, 3.8) is 0 Å². The first kappa shape index (κ1) is 18.5. The van der Waals surface area contributed by atoms with Crippen molar-refractivity contribution in [2.45, 2.75) is 20.4 Å². The number of hydrogen-bond acceptors (Lipinski definition) is 5. The number of carbonyl (C=O) groups is 2. The van der Waals surface area contributed by atoms with Crippen LogP contribution < -0.4 is 9.47 Å². The van der Waals surface area contributed by atoms with Crippen molar-refractivity contribution in [1.29, 1.82) is 0 Å². The standard InChI is InChI=1S/C21H21NO5/c1-4-9-22-14(2)10-17(15(22)3)18(23)12-25-21(24)8-6-16-5-7-19-20(11-16)27-13-26-19/h4-8,10-11H,1,9,12-13H2,2-3H3. The third-order valence-electron chi connectivity index (χ3n) is 4.34. The van der Waals surface area contributed by atoms with Crippen LogP contribution in [0.2, 0.25) is 0 Å². The van der Waals surface area contributed by atoms with Gasteiger partial charge >= 0.3 is 5.97 Å². The molecule has 0 saturated heterocycles. The quantitative estimate of drug-likeness (QED) is 0.324. The second-order valence-electron chi connectivity index (χ2n) is 6.16. The molecule has 0 spiro atoms. The van der Waals surface area contributed by atoms with Gasteiger partial charge in [-0.15, -0.1) is 6.58 Å². The first-order valence-corrected chi connectivity index (χ1v) is 8.55. The van der Waals surface area contributed by atoms with Crippen LogP contribution in [-0.4, -0.2) is 29.7 Å². The molecule has 0 N–H and O–H groups in total. The van der Waals surface area contributed by atoms with Gasteiger partial charge in [0.15, 0.2) is 18.1 Å². The van der Waals surface area contributed by atoms with E-state index in [9.17, 15) is 9.59 Å². The molecule has 1 aromatic carbocycles. The van der Waals surface area contributed by atoms with Crippen molar-refractivity contribution in [3.8, 4) is 11.5 Å². The summed E-state index contributed by atoms with van der Waals surface area (Å²) in [4.78, 5) is 24.3. The zero-order valence-electron chi connectivity index (χ0n) is 15.4. The van der Waals surface area contributed by atoms with Crippen LogP contribution in [0.15, 0.2) is 43.0 Å². The predicted molar refractivity (Wildman–Crippen MR) is 101 cm³/mol. The molecular formula is C21H21NO5. The van der Waals surface area contributed by atoms with Crippen molar-refractivity contribution in [2.75, 3.05) is 13.4 Å². The van der Waals surface area contributed by atoms with Crippen LogP contribution in [0.25, 0.3) is 6.08 Å². The van der Waals surface area contributed by atoms with E-state index >= 15 is 0 Å². The molecule has 0 saturated carbocycles. The number of Topliss-reactive ketones (excluding diaryl/α,β-unsaturated/α-hetero) is 1. The molecule has 0 bridgehead atoms. The van der Waals surface area contributed by atoms with Crippen molar-refractivity contribution in [2.24, 2.45) is 0 Å². The molecule has 0 unspecified atom stereocenters. The Labute approximate surface area is 157 Å². The molecule has 0 aliphatic carbocycles. The van der Waals surface area contributed by atoms with Crippen molar-refractivity contribution < 1.29 is 23.8 Å². The van der Waals surface area contributed by atoms with E-state index in [1.54, 1.807) is 36.4 Å². The Morgan fingerprint density at radius 2 is 2.00 bits per heavy atom. The van der Waals surface area contributed by atoms with Gasteiger partial charge in [-0.1, -0.05) is 12.1 Å². The maximum Gasteiger partial charge on any atom is 0.331 e. The summed E-state index contributed by atoms with van der Waals surface area (Å²) in [5.41, 5.74) is 3.13. The molecule has 0 radical (unpaired) electrons. The fraction of sp³-hybridized carbons (Fsp3) is 0.238. The Morgan fingerprint density at radius 1 is 1.22 bits per heavy atom. The lowest BCUT2D eigenvalue weighted by atomic mass is 10.1. The fourth-order valence-corrected chi connectivity index (χ4v) is 2.94. The summed E-state index contributed by atoms with van der Waals surface area (Å²) in [6, 6.07) is 7.15. The van der Waals surface area contributed by atoms with Gasteiger partial charge in [-0.3, -0.25) is 4.79 Å². The minimum absolute atomic E-state index is 0.195. The maximum atomic E-state index is 12.4. The van der Waals surface area contributed by atoms with E-state index in [0.29, 0.717) is 23.6 Å². The van der Waals surface area contributed by atoms with Gasteiger partial charge in [-0.05, 0) is 43.7 Å². The van der Waals surface area contributed by atoms with Gasteiger partial charge in [-0.2, -0.15) is 0 Å². The molecule has 1 aliphatic heterocycles. The number of esters is 1. The van der Waals surface area contributed by atoms with Gasteiger partial charge in [0.2, 0.25) is 12.6 Å². The van der Waals surface area contributed by atoms with Crippen LogP contribution in [0, 0.1) is 13.8 Å². The SMILES string of the molecule is C=CCn1c(C)cc(C(=O)COC(=O)C=Cc2ccc3c(c2)OCO3)c1C. The molecule has 0 amide bonds. The van der Waals surface area contributed by atoms with Gasteiger partial charge in [0.05, 0.1) is 0 Å². The number of allylic oxidation sites excluding steroid dienone is 1. The molecule has 140 valence electrons. The minimum atomic E-state index is -0.582. The number of ether oxygens (including phenoxy) is 3. The molecule has 1 aliphatic rings. The van der Waals surface area contributed by atoms with E-state index in [0.717, 1.165) is 17.0 Å². The third-order valence-corrected chi connectivity index (χ3v) is 4.34. The maximum absolute atomic E-state index is 12.4. The van der Waals surface area contributed by atoms with Gasteiger partial charge in [0.25, 0.3) is 0 Å². The van der Waals surface area contributed by atoms with Crippen molar-refractivity contribution in [3.05, 3.63) is 65.5 Å². The summed E-state index contributed by atoms with van der Waals surface area (Å²) in [5, 5.41) is 0. The average Bonchev–Trinajstić information content (AvgIpc) is 3.23. The first-order chi connectivity index (χ1) is 13.0. The number of hydrogen-bond donors (Lipinski definition) is 0. The Balaban J connectivity index is 1.58. The van der Waals surface area contributed by atoms with E-state index < -0.39 is 5.97 Å². The van der Waals surface area contributed by atoms with Crippen LogP contribution >= 0.6 is 0 Å². The second-order valence-corrected chi connectivity index (χ2v) is 6.16. The van der Waals surface area contributed by atoms with Gasteiger partial charge in [0, 0.05) is 29.6 Å². The van der Waals surface area contributed by atoms with E-state index in [2.05, 4.69) is 6.58 Å². The number of ketones is 1. The molecule has 6 nitrogen and oxygen atoms in total. The number of benzene rings is 1. The number of fused-ring (bicyclic) bond motifs is 1. The van der Waals surface area contributed by atoms with Crippen molar-refractivity contribution in [1.82, 2.24) is 4.57 Å². The highest BCUT2D eigenvalue weighted by molar-refractivity contribution is 6.00. The Hall–Kier alpha value is -3.28. The molecule has 2 heterocycles. The van der Waals surface area contributed by atoms with E-state index in [4.69, 9.17) is 14.2 Å². The Bertz CT molecular complexity index is 923. The molecule has 2 aromatic rings. The number of aromatic nitrogens is 1. The largest absolute Gasteiger partial charge is 0.454 e. The van der Waals surface area contributed by atoms with Crippen LogP contribution in [0.3, 0.4) is 0 Å². The van der Waals surface area contributed by atoms with E-state index in [-0.39, 0.29) is 19.2 Å². The molecule has 3 rings (SSSR count). The number of rotatable bonds is 7. The topological polar surface area (TPSA) is 66.8 Å². The predicted octanol–water partition coefficient (Wildman–Crippen LogP) is 3.46. The van der Waals surface area contributed by atoms with Crippen LogP contribution in [0.4, 0.5) is 0 Å². The summed E-state index contributed by atoms with van der Waals surface area (Å²) in [6.07, 6.45) is 4.66. The lowest BCUT2D eigenvalue weighted by Gasteiger charge is -2.06. The average molecular weight is 367 g/mol. The second kappa shape index (κ2) is 7.95. The molecule has 1 aromatic heterocycles. The van der Waals surface area contributed by atoms with Crippen molar-refractivity contribution >= 4 is 17.8 Å². The summed E-state index contributed by atoms with van der Waals surface area (Å²) in [5.74, 6) is 0.495. The minimum Gasteiger partial charge on any atom is -0.454 e. The Morgan fingerprint density at radius 3 is 2.78 bits per heavy atom. The summed E-state index contributed by atoms with van der Waals surface area (Å²) in [7, 11) is 0. The summed E-state index contributed by atoms with van der Waals surface area (Å²) >= 11 is 0. The smallest absolute Gasteiger partial charge is 0.331 e. The highest BCUT2D eigenvalue weighted by Crippen LogP contribution is 2.32. The third kappa shape index (κ3) is 4.11. The zero-order chi connectivity index (χ0) is 19.4. The van der Waals surface area contributed by atoms with Crippen LogP contribution in [-0.2, 0) is 16.1 Å². The number of aryl methyl sites for hydroxylation is 1. The molecule has 27 heavy (non-hydrogen) atoms. The van der Waals surface area contributed by atoms with E-state index in [1.807, 2.05) is 18.4 Å². The molecule has 0 atom stereocenters. The number of carbonyl (C=O) groups excluding carboxylic acids is 2. The Kier molecular flexibility index (Phi) is 5.45. The summed E-state index contributed by atoms with van der Waals surface area (Å²) in [6.45, 7) is 8.03. The monoisotopic (exact) mass is 367 g/mol. The highest BCUT2D eigenvalue weighted by atomic mass is 16.7. The van der Waals surface area contributed by atoms with Gasteiger partial charge < -0.3 is 18.8 Å². The fourth-order valence-electron chi connectivity index (χ4n) is 2.94. The lowest BCUT2D eigenvalue weighted by Crippen LogP contribution is -2.13.